The van der Waals surface area contributed by atoms with Gasteiger partial charge in [-0.1, -0.05) is 17.7 Å². The van der Waals surface area contributed by atoms with Crippen molar-refractivity contribution >= 4 is 35.1 Å². The lowest BCUT2D eigenvalue weighted by Crippen LogP contribution is -2.31. The van der Waals surface area contributed by atoms with E-state index in [1.807, 2.05) is 0 Å². The second-order valence-electron chi connectivity index (χ2n) is 6.17. The van der Waals surface area contributed by atoms with E-state index in [1.165, 1.54) is 18.5 Å². The van der Waals surface area contributed by atoms with E-state index >= 15 is 0 Å². The van der Waals surface area contributed by atoms with Crippen LogP contribution < -0.4 is 10.6 Å². The maximum atomic E-state index is 12.7. The van der Waals surface area contributed by atoms with Crippen molar-refractivity contribution in [3.05, 3.63) is 59.4 Å². The van der Waals surface area contributed by atoms with Crippen molar-refractivity contribution in [2.45, 2.75) is 19.4 Å². The van der Waals surface area contributed by atoms with E-state index in [1.54, 1.807) is 42.2 Å². The normalized spacial score (nSPS) is 16.5. The SMILES string of the molecule is C/C=C/C(=O)Nc1ccc(C(=O)N2CC[C@@H](Nc3ncc(Cl)cn3)C2)cc1. The molecule has 3 rings (SSSR count). The summed E-state index contributed by atoms with van der Waals surface area (Å²) >= 11 is 5.78. The highest BCUT2D eigenvalue weighted by Crippen LogP contribution is 2.18. The van der Waals surface area contributed by atoms with E-state index in [0.29, 0.717) is 35.3 Å². The molecule has 1 atom stereocenters. The summed E-state index contributed by atoms with van der Waals surface area (Å²) in [5.41, 5.74) is 1.23. The van der Waals surface area contributed by atoms with Crippen molar-refractivity contribution in [3.63, 3.8) is 0 Å². The van der Waals surface area contributed by atoms with Crippen LogP contribution in [0.15, 0.2) is 48.8 Å². The number of amides is 2. The topological polar surface area (TPSA) is 87.2 Å². The molecule has 0 spiro atoms. The molecule has 1 fully saturated rings. The lowest BCUT2D eigenvalue weighted by atomic mass is 10.2. The Kier molecular flexibility index (Phi) is 6.03. The first-order valence-corrected chi connectivity index (χ1v) is 9.00. The fraction of sp³-hybridized carbons (Fsp3) is 0.263. The van der Waals surface area contributed by atoms with Gasteiger partial charge in [0.2, 0.25) is 11.9 Å². The smallest absolute Gasteiger partial charge is 0.253 e. The molecule has 1 aliphatic rings. The average molecular weight is 386 g/mol. The van der Waals surface area contributed by atoms with Crippen LogP contribution in [-0.4, -0.2) is 45.8 Å². The summed E-state index contributed by atoms with van der Waals surface area (Å²) in [5.74, 6) is 0.261. The lowest BCUT2D eigenvalue weighted by Gasteiger charge is -2.17. The van der Waals surface area contributed by atoms with Crippen LogP contribution in [0.4, 0.5) is 11.6 Å². The highest BCUT2D eigenvalue weighted by molar-refractivity contribution is 6.30. The molecule has 0 bridgehead atoms. The molecule has 0 unspecified atom stereocenters. The molecule has 2 aromatic rings. The van der Waals surface area contributed by atoms with Gasteiger partial charge in [0.15, 0.2) is 0 Å². The summed E-state index contributed by atoms with van der Waals surface area (Å²) in [5, 5.41) is 6.43. The molecule has 140 valence electrons. The Balaban J connectivity index is 1.56. The zero-order valence-corrected chi connectivity index (χ0v) is 15.6. The number of allylic oxidation sites excluding steroid dienone is 1. The van der Waals surface area contributed by atoms with Crippen LogP contribution in [0, 0.1) is 0 Å². The third-order valence-corrected chi connectivity index (χ3v) is 4.34. The van der Waals surface area contributed by atoms with Crippen LogP contribution in [0.1, 0.15) is 23.7 Å². The third-order valence-electron chi connectivity index (χ3n) is 4.15. The van der Waals surface area contributed by atoms with Crippen LogP contribution in [0.25, 0.3) is 0 Å². The number of halogens is 1. The predicted molar refractivity (Wildman–Crippen MR) is 105 cm³/mol. The molecule has 0 saturated carbocycles. The van der Waals surface area contributed by atoms with Gasteiger partial charge < -0.3 is 15.5 Å². The highest BCUT2D eigenvalue weighted by Gasteiger charge is 2.27. The molecule has 1 saturated heterocycles. The van der Waals surface area contributed by atoms with Crippen LogP contribution in [0.2, 0.25) is 5.02 Å². The molecule has 1 aromatic heterocycles. The van der Waals surface area contributed by atoms with Crippen LogP contribution in [0.3, 0.4) is 0 Å². The summed E-state index contributed by atoms with van der Waals surface area (Å²) < 4.78 is 0. The summed E-state index contributed by atoms with van der Waals surface area (Å²) in [4.78, 5) is 34.3. The predicted octanol–water partition coefficient (Wildman–Crippen LogP) is 2.97. The number of benzene rings is 1. The van der Waals surface area contributed by atoms with Gasteiger partial charge in [-0.2, -0.15) is 0 Å². The number of carbonyl (C=O) groups is 2. The van der Waals surface area contributed by atoms with Gasteiger partial charge in [0.25, 0.3) is 5.91 Å². The Morgan fingerprint density at radius 3 is 2.59 bits per heavy atom. The van der Waals surface area contributed by atoms with E-state index in [9.17, 15) is 9.59 Å². The van der Waals surface area contributed by atoms with Gasteiger partial charge in [-0.05, 0) is 43.7 Å². The standard InChI is InChI=1S/C19H20ClN5O2/c1-2-3-17(26)23-15-6-4-13(5-7-15)18(27)25-9-8-16(12-25)24-19-21-10-14(20)11-22-19/h2-7,10-11,16H,8-9,12H2,1H3,(H,23,26)(H,21,22,24)/b3-2+/t16-/m1/s1. The molecule has 0 radical (unpaired) electrons. The molecule has 1 aliphatic heterocycles. The number of rotatable bonds is 5. The number of anilines is 2. The Morgan fingerprint density at radius 1 is 1.22 bits per heavy atom. The van der Waals surface area contributed by atoms with Gasteiger partial charge in [-0.25, -0.2) is 9.97 Å². The second kappa shape index (κ2) is 8.64. The van der Waals surface area contributed by atoms with Gasteiger partial charge in [0.1, 0.15) is 0 Å². The Labute approximate surface area is 162 Å². The number of nitrogens with zero attached hydrogens (tertiary/aromatic N) is 3. The van der Waals surface area contributed by atoms with E-state index in [-0.39, 0.29) is 17.9 Å². The van der Waals surface area contributed by atoms with E-state index < -0.39 is 0 Å². The summed E-state index contributed by atoms with van der Waals surface area (Å²) in [6.07, 6.45) is 6.99. The minimum Gasteiger partial charge on any atom is -0.350 e. The zero-order valence-electron chi connectivity index (χ0n) is 14.9. The fourth-order valence-corrected chi connectivity index (χ4v) is 2.94. The Bertz CT molecular complexity index is 836. The number of hydrogen-bond acceptors (Lipinski definition) is 5. The van der Waals surface area contributed by atoms with Crippen molar-refractivity contribution in [1.82, 2.24) is 14.9 Å². The molecular weight excluding hydrogens is 366 g/mol. The number of likely N-dealkylation sites (tertiary alicyclic amines) is 1. The summed E-state index contributed by atoms with van der Waals surface area (Å²) in [6, 6.07) is 6.98. The molecule has 2 amide bonds. The minimum absolute atomic E-state index is 0.0392. The van der Waals surface area contributed by atoms with Crippen molar-refractivity contribution < 1.29 is 9.59 Å². The fourth-order valence-electron chi connectivity index (χ4n) is 2.85. The molecule has 27 heavy (non-hydrogen) atoms. The molecule has 2 heterocycles. The molecular formula is C19H20ClN5O2. The van der Waals surface area contributed by atoms with Gasteiger partial charge >= 0.3 is 0 Å². The van der Waals surface area contributed by atoms with E-state index in [2.05, 4.69) is 20.6 Å². The molecule has 7 nitrogen and oxygen atoms in total. The van der Waals surface area contributed by atoms with E-state index in [4.69, 9.17) is 11.6 Å². The maximum absolute atomic E-state index is 12.7. The largest absolute Gasteiger partial charge is 0.350 e. The number of carbonyl (C=O) groups excluding carboxylic acids is 2. The number of hydrogen-bond donors (Lipinski definition) is 2. The quantitative estimate of drug-likeness (QED) is 0.772. The molecule has 1 aromatic carbocycles. The van der Waals surface area contributed by atoms with Gasteiger partial charge in [0.05, 0.1) is 17.4 Å². The number of aromatic nitrogens is 2. The Hall–Kier alpha value is -2.93. The number of nitrogens with one attached hydrogen (secondary N) is 2. The van der Waals surface area contributed by atoms with Gasteiger partial charge in [-0.15, -0.1) is 0 Å². The average Bonchev–Trinajstić information content (AvgIpc) is 3.12. The highest BCUT2D eigenvalue weighted by atomic mass is 35.5. The first kappa shape index (κ1) is 18.8. The first-order valence-electron chi connectivity index (χ1n) is 8.62. The summed E-state index contributed by atoms with van der Waals surface area (Å²) in [7, 11) is 0. The monoisotopic (exact) mass is 385 g/mol. The lowest BCUT2D eigenvalue weighted by molar-refractivity contribution is -0.111. The Morgan fingerprint density at radius 2 is 1.93 bits per heavy atom. The van der Waals surface area contributed by atoms with Crippen LogP contribution in [0.5, 0.6) is 0 Å². The zero-order chi connectivity index (χ0) is 19.2. The molecule has 8 heteroatoms. The van der Waals surface area contributed by atoms with Crippen LogP contribution in [-0.2, 0) is 4.79 Å². The van der Waals surface area contributed by atoms with Crippen LogP contribution >= 0.6 is 11.6 Å². The van der Waals surface area contributed by atoms with Gasteiger partial charge in [-0.3, -0.25) is 9.59 Å². The van der Waals surface area contributed by atoms with Crippen molar-refractivity contribution in [2.24, 2.45) is 0 Å². The molecule has 0 aliphatic carbocycles. The van der Waals surface area contributed by atoms with Gasteiger partial charge in [0, 0.05) is 30.4 Å². The minimum atomic E-state index is -0.200. The van der Waals surface area contributed by atoms with E-state index in [0.717, 1.165) is 6.42 Å². The van der Waals surface area contributed by atoms with Crippen molar-refractivity contribution in [2.75, 3.05) is 23.7 Å². The van der Waals surface area contributed by atoms with Crippen molar-refractivity contribution in [1.29, 1.82) is 0 Å². The third kappa shape index (κ3) is 5.04. The maximum Gasteiger partial charge on any atom is 0.253 e. The summed E-state index contributed by atoms with van der Waals surface area (Å²) in [6.45, 7) is 3.01. The second-order valence-corrected chi connectivity index (χ2v) is 6.61. The van der Waals surface area contributed by atoms with Crippen molar-refractivity contribution in [3.8, 4) is 0 Å². The molecule has 2 N–H and O–H groups in total. The first-order chi connectivity index (χ1) is 13.0.